The lowest BCUT2D eigenvalue weighted by molar-refractivity contribution is -0.384. The van der Waals surface area contributed by atoms with E-state index in [9.17, 15) is 23.7 Å². The number of amides is 2. The van der Waals surface area contributed by atoms with Crippen LogP contribution in [-0.4, -0.2) is 24.1 Å². The third-order valence-corrected chi connectivity index (χ3v) is 2.95. The van der Waals surface area contributed by atoms with Gasteiger partial charge < -0.3 is 15.4 Å². The number of halogens is 2. The molecule has 2 N–H and O–H groups in total. The van der Waals surface area contributed by atoms with Gasteiger partial charge in [0.2, 0.25) is 0 Å². The van der Waals surface area contributed by atoms with Crippen LogP contribution < -0.4 is 15.4 Å². The van der Waals surface area contributed by atoms with Gasteiger partial charge in [-0.1, -0.05) is 26.2 Å². The number of benzene rings is 1. The Balaban J connectivity index is 2.69. The first-order chi connectivity index (χ1) is 10.9. The van der Waals surface area contributed by atoms with E-state index in [1.807, 2.05) is 0 Å². The van der Waals surface area contributed by atoms with Crippen LogP contribution in [0.4, 0.5) is 25.0 Å². The molecule has 0 heterocycles. The molecule has 0 unspecified atom stereocenters. The van der Waals surface area contributed by atoms with Gasteiger partial charge in [-0.15, -0.1) is 0 Å². The number of alkyl halides is 2. The summed E-state index contributed by atoms with van der Waals surface area (Å²) in [5.41, 5.74) is -0.532. The summed E-state index contributed by atoms with van der Waals surface area (Å²) in [6, 6.07) is 2.36. The molecular weight excluding hydrogens is 312 g/mol. The molecule has 0 aliphatic carbocycles. The maximum absolute atomic E-state index is 12.3. The van der Waals surface area contributed by atoms with E-state index in [-0.39, 0.29) is 17.1 Å². The van der Waals surface area contributed by atoms with Crippen molar-refractivity contribution < 1.29 is 23.2 Å². The highest BCUT2D eigenvalue weighted by Gasteiger charge is 2.16. The fourth-order valence-corrected chi connectivity index (χ4v) is 1.85. The van der Waals surface area contributed by atoms with Crippen LogP contribution in [0.15, 0.2) is 18.2 Å². The van der Waals surface area contributed by atoms with Gasteiger partial charge >= 0.3 is 12.6 Å². The van der Waals surface area contributed by atoms with Crippen molar-refractivity contribution in [2.45, 2.75) is 39.2 Å². The van der Waals surface area contributed by atoms with Crippen LogP contribution in [0.2, 0.25) is 0 Å². The van der Waals surface area contributed by atoms with Crippen molar-refractivity contribution in [1.82, 2.24) is 5.32 Å². The fourth-order valence-electron chi connectivity index (χ4n) is 1.85. The number of nitro benzene ring substituents is 1. The zero-order chi connectivity index (χ0) is 17.2. The Bertz CT molecular complexity index is 541. The van der Waals surface area contributed by atoms with Crippen LogP contribution in [0.5, 0.6) is 5.75 Å². The Morgan fingerprint density at radius 1 is 1.35 bits per heavy atom. The maximum Gasteiger partial charge on any atom is 0.387 e. The molecule has 1 aromatic carbocycles. The van der Waals surface area contributed by atoms with Crippen molar-refractivity contribution in [3.8, 4) is 5.75 Å². The molecule has 0 saturated carbocycles. The van der Waals surface area contributed by atoms with Gasteiger partial charge in [-0.2, -0.15) is 8.78 Å². The van der Waals surface area contributed by atoms with E-state index >= 15 is 0 Å². The standard InChI is InChI=1S/C14H19F2N3O4/c1-2-3-4-5-8-17-14(20)18-11-9-10(19(21)22)6-7-12(11)23-13(15)16/h6-7,9,13H,2-5,8H2,1H3,(H2,17,18,20). The molecule has 7 nitrogen and oxygen atoms in total. The Hall–Kier alpha value is -2.45. The monoisotopic (exact) mass is 331 g/mol. The smallest absolute Gasteiger partial charge is 0.387 e. The molecule has 0 saturated heterocycles. The Morgan fingerprint density at radius 2 is 2.09 bits per heavy atom. The lowest BCUT2D eigenvalue weighted by Gasteiger charge is -2.12. The highest BCUT2D eigenvalue weighted by Crippen LogP contribution is 2.30. The number of anilines is 1. The van der Waals surface area contributed by atoms with Gasteiger partial charge in [0.05, 0.1) is 10.6 Å². The highest BCUT2D eigenvalue weighted by molar-refractivity contribution is 5.91. The number of carbonyl (C=O) groups excluding carboxylic acids is 1. The summed E-state index contributed by atoms with van der Waals surface area (Å²) in [6.07, 6.45) is 3.87. The SMILES string of the molecule is CCCCCCNC(=O)Nc1cc([N+](=O)[O-])ccc1OC(F)F. The van der Waals surface area contributed by atoms with Gasteiger partial charge in [-0.25, -0.2) is 4.79 Å². The molecule has 0 bridgehead atoms. The minimum atomic E-state index is -3.10. The molecule has 0 radical (unpaired) electrons. The second-order valence-electron chi connectivity index (χ2n) is 4.76. The number of nitrogens with one attached hydrogen (secondary N) is 2. The fraction of sp³-hybridized carbons (Fsp3) is 0.500. The van der Waals surface area contributed by atoms with E-state index in [2.05, 4.69) is 22.3 Å². The summed E-state index contributed by atoms with van der Waals surface area (Å²) in [7, 11) is 0. The highest BCUT2D eigenvalue weighted by atomic mass is 19.3. The zero-order valence-corrected chi connectivity index (χ0v) is 12.7. The molecule has 0 aromatic heterocycles. The maximum atomic E-state index is 12.3. The molecule has 0 aliphatic heterocycles. The van der Waals surface area contributed by atoms with E-state index in [0.717, 1.165) is 43.9 Å². The third kappa shape index (κ3) is 6.90. The molecule has 128 valence electrons. The second kappa shape index (κ2) is 9.54. The molecule has 2 amide bonds. The number of carbonyl (C=O) groups is 1. The van der Waals surface area contributed by atoms with Gasteiger partial charge in [0.25, 0.3) is 5.69 Å². The average molecular weight is 331 g/mol. The van der Waals surface area contributed by atoms with Crippen LogP contribution in [-0.2, 0) is 0 Å². The number of unbranched alkanes of at least 4 members (excludes halogenated alkanes) is 3. The number of urea groups is 1. The van der Waals surface area contributed by atoms with Crippen LogP contribution in [0.25, 0.3) is 0 Å². The predicted octanol–water partition coefficient (Wildman–Crippen LogP) is 3.90. The molecule has 1 aromatic rings. The molecule has 0 spiro atoms. The third-order valence-electron chi connectivity index (χ3n) is 2.95. The second-order valence-corrected chi connectivity index (χ2v) is 4.76. The molecule has 0 aliphatic rings. The van der Waals surface area contributed by atoms with E-state index in [4.69, 9.17) is 0 Å². The molecule has 0 atom stereocenters. The van der Waals surface area contributed by atoms with E-state index in [1.165, 1.54) is 0 Å². The number of non-ortho nitro benzene ring substituents is 1. The summed E-state index contributed by atoms with van der Waals surface area (Å²) in [6.45, 7) is -0.618. The van der Waals surface area contributed by atoms with Crippen molar-refractivity contribution in [3.63, 3.8) is 0 Å². The number of rotatable bonds is 9. The first kappa shape index (κ1) is 18.6. The van der Waals surface area contributed by atoms with E-state index in [0.29, 0.717) is 6.54 Å². The van der Waals surface area contributed by atoms with Gasteiger partial charge in [-0.3, -0.25) is 10.1 Å². The average Bonchev–Trinajstić information content (AvgIpc) is 2.48. The zero-order valence-electron chi connectivity index (χ0n) is 12.7. The number of hydrogen-bond donors (Lipinski definition) is 2. The minimum Gasteiger partial charge on any atom is -0.433 e. The van der Waals surface area contributed by atoms with Gasteiger partial charge in [0, 0.05) is 18.7 Å². The summed E-state index contributed by atoms with van der Waals surface area (Å²) in [5, 5.41) is 15.6. The lowest BCUT2D eigenvalue weighted by atomic mass is 10.2. The van der Waals surface area contributed by atoms with Crippen LogP contribution >= 0.6 is 0 Å². The van der Waals surface area contributed by atoms with Crippen LogP contribution in [0.1, 0.15) is 32.6 Å². The first-order valence-electron chi connectivity index (χ1n) is 7.22. The van der Waals surface area contributed by atoms with Crippen molar-refractivity contribution >= 4 is 17.4 Å². The van der Waals surface area contributed by atoms with Crippen molar-refractivity contribution in [3.05, 3.63) is 28.3 Å². The van der Waals surface area contributed by atoms with Crippen molar-refractivity contribution in [2.75, 3.05) is 11.9 Å². The van der Waals surface area contributed by atoms with Crippen molar-refractivity contribution in [1.29, 1.82) is 0 Å². The Kier molecular flexibility index (Phi) is 7.72. The molecular formula is C14H19F2N3O4. The first-order valence-corrected chi connectivity index (χ1v) is 7.22. The van der Waals surface area contributed by atoms with Crippen molar-refractivity contribution in [2.24, 2.45) is 0 Å². The van der Waals surface area contributed by atoms with Crippen LogP contribution in [0, 0.1) is 10.1 Å². The van der Waals surface area contributed by atoms with E-state index in [1.54, 1.807) is 0 Å². The summed E-state index contributed by atoms with van der Waals surface area (Å²) < 4.78 is 28.9. The Morgan fingerprint density at radius 3 is 2.70 bits per heavy atom. The summed E-state index contributed by atoms with van der Waals surface area (Å²) >= 11 is 0. The van der Waals surface area contributed by atoms with Gasteiger partial charge in [0.1, 0.15) is 5.75 Å². The van der Waals surface area contributed by atoms with Gasteiger partial charge in [-0.05, 0) is 12.5 Å². The number of nitrogens with zero attached hydrogens (tertiary/aromatic N) is 1. The topological polar surface area (TPSA) is 93.5 Å². The number of nitro groups is 1. The molecule has 23 heavy (non-hydrogen) atoms. The molecule has 9 heteroatoms. The number of hydrogen-bond acceptors (Lipinski definition) is 4. The molecule has 1 rings (SSSR count). The van der Waals surface area contributed by atoms with Crippen LogP contribution in [0.3, 0.4) is 0 Å². The predicted molar refractivity (Wildman–Crippen MR) is 80.9 cm³/mol. The van der Waals surface area contributed by atoms with Gasteiger partial charge in [0.15, 0.2) is 0 Å². The summed E-state index contributed by atoms with van der Waals surface area (Å²) in [4.78, 5) is 21.8. The summed E-state index contributed by atoms with van der Waals surface area (Å²) in [5.74, 6) is -0.341. The largest absolute Gasteiger partial charge is 0.433 e. The van der Waals surface area contributed by atoms with E-state index < -0.39 is 17.6 Å². The Labute approximate surface area is 132 Å². The lowest BCUT2D eigenvalue weighted by Crippen LogP contribution is -2.29. The quantitative estimate of drug-likeness (QED) is 0.408. The normalized spacial score (nSPS) is 10.4. The number of ether oxygens (including phenoxy) is 1. The molecule has 0 fully saturated rings. The minimum absolute atomic E-state index is 0.189.